The van der Waals surface area contributed by atoms with Crippen LogP contribution in [0.15, 0.2) is 11.4 Å². The van der Waals surface area contributed by atoms with Crippen molar-refractivity contribution in [1.82, 2.24) is 0 Å². The molecule has 0 saturated carbocycles. The van der Waals surface area contributed by atoms with E-state index in [1.165, 1.54) is 11.3 Å². The van der Waals surface area contributed by atoms with Crippen molar-refractivity contribution >= 4 is 28.2 Å². The molecular weight excluding hydrogens is 252 g/mol. The quantitative estimate of drug-likeness (QED) is 0.800. The number of carbonyl (C=O) groups excluding carboxylic acids is 2. The van der Waals surface area contributed by atoms with Crippen LogP contribution in [-0.2, 0) is 9.53 Å². The molecule has 1 amide bonds. The molecule has 0 bridgehead atoms. The molecule has 1 aromatic rings. The Bertz CT molecular complexity index is 429. The van der Waals surface area contributed by atoms with Gasteiger partial charge in [0, 0.05) is 0 Å². The third-order valence-corrected chi connectivity index (χ3v) is 3.25. The van der Waals surface area contributed by atoms with E-state index in [2.05, 4.69) is 5.32 Å². The van der Waals surface area contributed by atoms with Crippen LogP contribution in [0.3, 0.4) is 0 Å². The minimum absolute atomic E-state index is 0.0380. The van der Waals surface area contributed by atoms with Gasteiger partial charge < -0.3 is 15.8 Å². The summed E-state index contributed by atoms with van der Waals surface area (Å²) in [6.07, 6.45) is 0. The van der Waals surface area contributed by atoms with Crippen LogP contribution in [0.2, 0.25) is 0 Å². The van der Waals surface area contributed by atoms with Gasteiger partial charge in [-0.15, -0.1) is 11.3 Å². The molecular formula is C12H18N2O3S. The lowest BCUT2D eigenvalue weighted by Crippen LogP contribution is -2.39. The molecule has 1 atom stereocenters. The normalized spacial score (nSPS) is 12.3. The molecule has 0 radical (unpaired) electrons. The molecule has 0 spiro atoms. The van der Waals surface area contributed by atoms with Crippen LogP contribution in [0, 0.1) is 5.92 Å². The standard InChI is InChI=1S/C12H18N2O3S/c1-4-17-12(16)8-5-6-18-11(8)14-10(15)9(13)7(2)3/h5-7,9H,4,13H2,1-3H3,(H,14,15). The number of ether oxygens (including phenoxy) is 1. The Balaban J connectivity index is 2.77. The van der Waals surface area contributed by atoms with Crippen molar-refractivity contribution in [2.45, 2.75) is 26.8 Å². The number of carbonyl (C=O) groups is 2. The van der Waals surface area contributed by atoms with Crippen LogP contribution in [-0.4, -0.2) is 24.5 Å². The van der Waals surface area contributed by atoms with Crippen LogP contribution < -0.4 is 11.1 Å². The lowest BCUT2D eigenvalue weighted by molar-refractivity contribution is -0.118. The Morgan fingerprint density at radius 3 is 2.72 bits per heavy atom. The van der Waals surface area contributed by atoms with Crippen molar-refractivity contribution in [1.29, 1.82) is 0 Å². The maximum Gasteiger partial charge on any atom is 0.341 e. The Kier molecular flexibility index (Phi) is 5.30. The molecule has 6 heteroatoms. The van der Waals surface area contributed by atoms with E-state index in [1.807, 2.05) is 13.8 Å². The first-order valence-corrected chi connectivity index (χ1v) is 6.66. The van der Waals surface area contributed by atoms with Gasteiger partial charge in [-0.05, 0) is 24.3 Å². The number of thiophene rings is 1. The van der Waals surface area contributed by atoms with Crippen molar-refractivity contribution in [2.24, 2.45) is 11.7 Å². The molecule has 1 heterocycles. The topological polar surface area (TPSA) is 81.4 Å². The monoisotopic (exact) mass is 270 g/mol. The Morgan fingerprint density at radius 1 is 1.50 bits per heavy atom. The van der Waals surface area contributed by atoms with E-state index in [1.54, 1.807) is 18.4 Å². The average molecular weight is 270 g/mol. The molecule has 5 nitrogen and oxygen atoms in total. The van der Waals surface area contributed by atoms with Gasteiger partial charge in [-0.1, -0.05) is 13.8 Å². The predicted molar refractivity (Wildman–Crippen MR) is 71.7 cm³/mol. The van der Waals surface area contributed by atoms with Gasteiger partial charge in [0.15, 0.2) is 0 Å². The molecule has 1 unspecified atom stereocenters. The summed E-state index contributed by atoms with van der Waals surface area (Å²) in [5.74, 6) is -0.693. The highest BCUT2D eigenvalue weighted by Crippen LogP contribution is 2.24. The minimum atomic E-state index is -0.595. The lowest BCUT2D eigenvalue weighted by Gasteiger charge is -2.15. The predicted octanol–water partition coefficient (Wildman–Crippen LogP) is 1.85. The van der Waals surface area contributed by atoms with Gasteiger partial charge in [0.05, 0.1) is 18.2 Å². The van der Waals surface area contributed by atoms with Gasteiger partial charge in [0.1, 0.15) is 5.00 Å². The summed E-state index contributed by atoms with van der Waals surface area (Å²) >= 11 is 1.27. The zero-order valence-electron chi connectivity index (χ0n) is 10.7. The van der Waals surface area contributed by atoms with Crippen molar-refractivity contribution in [3.05, 3.63) is 17.0 Å². The second kappa shape index (κ2) is 6.51. The molecule has 0 aliphatic carbocycles. The molecule has 0 aromatic carbocycles. The molecule has 3 N–H and O–H groups in total. The van der Waals surface area contributed by atoms with E-state index in [0.29, 0.717) is 17.2 Å². The molecule has 1 rings (SSSR count). The zero-order valence-corrected chi connectivity index (χ0v) is 11.5. The Hall–Kier alpha value is -1.40. The number of anilines is 1. The highest BCUT2D eigenvalue weighted by molar-refractivity contribution is 7.14. The maximum atomic E-state index is 11.8. The lowest BCUT2D eigenvalue weighted by atomic mass is 10.1. The summed E-state index contributed by atoms with van der Waals surface area (Å²) < 4.78 is 4.90. The Morgan fingerprint density at radius 2 is 2.17 bits per heavy atom. The van der Waals surface area contributed by atoms with Crippen molar-refractivity contribution in [2.75, 3.05) is 11.9 Å². The molecule has 0 fully saturated rings. The second-order valence-electron chi connectivity index (χ2n) is 4.14. The van der Waals surface area contributed by atoms with E-state index in [-0.39, 0.29) is 11.8 Å². The molecule has 100 valence electrons. The molecule has 1 aromatic heterocycles. The van der Waals surface area contributed by atoms with Crippen LogP contribution in [0.5, 0.6) is 0 Å². The number of nitrogens with two attached hydrogens (primary N) is 1. The van der Waals surface area contributed by atoms with E-state index >= 15 is 0 Å². The van der Waals surface area contributed by atoms with E-state index in [4.69, 9.17) is 10.5 Å². The molecule has 0 saturated heterocycles. The fraction of sp³-hybridized carbons (Fsp3) is 0.500. The van der Waals surface area contributed by atoms with Crippen LogP contribution in [0.1, 0.15) is 31.1 Å². The molecule has 18 heavy (non-hydrogen) atoms. The van der Waals surface area contributed by atoms with Crippen LogP contribution in [0.4, 0.5) is 5.00 Å². The van der Waals surface area contributed by atoms with E-state index in [9.17, 15) is 9.59 Å². The third kappa shape index (κ3) is 3.54. The van der Waals surface area contributed by atoms with E-state index in [0.717, 1.165) is 0 Å². The SMILES string of the molecule is CCOC(=O)c1ccsc1NC(=O)C(N)C(C)C. The number of amides is 1. The first-order chi connectivity index (χ1) is 8.47. The molecule has 0 aliphatic heterocycles. The largest absolute Gasteiger partial charge is 0.462 e. The average Bonchev–Trinajstić information content (AvgIpc) is 2.76. The minimum Gasteiger partial charge on any atom is -0.462 e. The first kappa shape index (κ1) is 14.7. The van der Waals surface area contributed by atoms with Crippen LogP contribution in [0.25, 0.3) is 0 Å². The second-order valence-corrected chi connectivity index (χ2v) is 5.06. The van der Waals surface area contributed by atoms with Crippen molar-refractivity contribution in [3.8, 4) is 0 Å². The molecule has 0 aliphatic rings. The Labute approximate surface area is 110 Å². The summed E-state index contributed by atoms with van der Waals surface area (Å²) in [6, 6.07) is 1.03. The fourth-order valence-electron chi connectivity index (χ4n) is 1.27. The summed E-state index contributed by atoms with van der Waals surface area (Å²) in [5, 5.41) is 4.87. The van der Waals surface area contributed by atoms with Gasteiger partial charge in [-0.2, -0.15) is 0 Å². The van der Waals surface area contributed by atoms with E-state index < -0.39 is 12.0 Å². The number of nitrogens with one attached hydrogen (secondary N) is 1. The van der Waals surface area contributed by atoms with Gasteiger partial charge in [0.25, 0.3) is 0 Å². The number of hydrogen-bond acceptors (Lipinski definition) is 5. The highest BCUT2D eigenvalue weighted by Gasteiger charge is 2.21. The van der Waals surface area contributed by atoms with Gasteiger partial charge in [0.2, 0.25) is 5.91 Å². The zero-order chi connectivity index (χ0) is 13.7. The number of hydrogen-bond donors (Lipinski definition) is 2. The highest BCUT2D eigenvalue weighted by atomic mass is 32.1. The van der Waals surface area contributed by atoms with Gasteiger partial charge >= 0.3 is 5.97 Å². The smallest absolute Gasteiger partial charge is 0.341 e. The summed E-state index contributed by atoms with van der Waals surface area (Å²) in [7, 11) is 0. The van der Waals surface area contributed by atoms with Gasteiger partial charge in [-0.3, -0.25) is 4.79 Å². The first-order valence-electron chi connectivity index (χ1n) is 5.78. The van der Waals surface area contributed by atoms with Crippen molar-refractivity contribution < 1.29 is 14.3 Å². The maximum absolute atomic E-state index is 11.8. The summed E-state index contributed by atoms with van der Waals surface area (Å²) in [6.45, 7) is 5.76. The summed E-state index contributed by atoms with van der Waals surface area (Å²) in [5.41, 5.74) is 6.10. The van der Waals surface area contributed by atoms with Crippen LogP contribution >= 0.6 is 11.3 Å². The van der Waals surface area contributed by atoms with Crippen molar-refractivity contribution in [3.63, 3.8) is 0 Å². The number of rotatable bonds is 5. The van der Waals surface area contributed by atoms with Gasteiger partial charge in [-0.25, -0.2) is 4.79 Å². The fourth-order valence-corrected chi connectivity index (χ4v) is 2.05. The third-order valence-electron chi connectivity index (χ3n) is 2.42. The summed E-state index contributed by atoms with van der Waals surface area (Å²) in [4.78, 5) is 23.4. The number of esters is 1.